The number of nitrogens with zero attached hydrogens (tertiary/aromatic N) is 3. The number of carbonyl (C=O) groups excluding carboxylic acids is 3. The van der Waals surface area contributed by atoms with Crippen LogP contribution in [-0.4, -0.2) is 52.3 Å². The fraction of sp³-hybridized carbons (Fsp3) is 0.250. The molecule has 0 aliphatic carbocycles. The number of methoxy groups -OCH3 is 2. The van der Waals surface area contributed by atoms with Crippen molar-refractivity contribution in [3.63, 3.8) is 0 Å². The van der Waals surface area contributed by atoms with E-state index in [9.17, 15) is 14.4 Å². The average Bonchev–Trinajstić information content (AvgIpc) is 3.33. The lowest BCUT2D eigenvalue weighted by atomic mass is 9.91. The number of urea groups is 1. The van der Waals surface area contributed by atoms with E-state index in [1.165, 1.54) is 14.2 Å². The highest BCUT2D eigenvalue weighted by Gasteiger charge is 2.49. The van der Waals surface area contributed by atoms with Gasteiger partial charge in [0.05, 0.1) is 31.6 Å². The molecule has 0 radical (unpaired) electrons. The molecular formula is C20H19N5O5S. The van der Waals surface area contributed by atoms with E-state index in [2.05, 4.69) is 19.4 Å². The topological polar surface area (TPSA) is 123 Å². The Kier molecular flexibility index (Phi) is 5.19. The number of hydrogen-bond acceptors (Lipinski definition) is 8. The molecule has 2 heterocycles. The van der Waals surface area contributed by atoms with Crippen molar-refractivity contribution in [3.8, 4) is 11.5 Å². The zero-order valence-electron chi connectivity index (χ0n) is 17.0. The molecule has 2 aromatic carbocycles. The van der Waals surface area contributed by atoms with Gasteiger partial charge in [0.15, 0.2) is 11.5 Å². The Morgan fingerprint density at radius 2 is 1.94 bits per heavy atom. The minimum absolute atomic E-state index is 0.421. The van der Waals surface area contributed by atoms with Crippen molar-refractivity contribution in [2.45, 2.75) is 12.5 Å². The number of fused-ring (bicyclic) bond motifs is 1. The van der Waals surface area contributed by atoms with Crippen LogP contribution < -0.4 is 20.1 Å². The second-order valence-electron chi connectivity index (χ2n) is 7.00. The quantitative estimate of drug-likeness (QED) is 0.562. The first-order chi connectivity index (χ1) is 14.9. The third kappa shape index (κ3) is 3.52. The first-order valence-corrected chi connectivity index (χ1v) is 9.98. The van der Waals surface area contributed by atoms with Gasteiger partial charge in [-0.05, 0) is 36.8 Å². The molecule has 31 heavy (non-hydrogen) atoms. The van der Waals surface area contributed by atoms with E-state index in [-0.39, 0.29) is 0 Å². The monoisotopic (exact) mass is 441 g/mol. The van der Waals surface area contributed by atoms with Gasteiger partial charge in [-0.2, -0.15) is 8.75 Å². The third-order valence-corrected chi connectivity index (χ3v) is 5.64. The van der Waals surface area contributed by atoms with Gasteiger partial charge in [-0.3, -0.25) is 14.5 Å². The smallest absolute Gasteiger partial charge is 0.325 e. The number of amides is 4. The maximum absolute atomic E-state index is 13.1. The normalized spacial score (nSPS) is 18.2. The zero-order valence-corrected chi connectivity index (χ0v) is 17.8. The number of imide groups is 1. The highest BCUT2D eigenvalue weighted by atomic mass is 32.1. The zero-order chi connectivity index (χ0) is 22.2. The number of ether oxygens (including phenoxy) is 2. The maximum atomic E-state index is 13.1. The number of aromatic nitrogens is 2. The summed E-state index contributed by atoms with van der Waals surface area (Å²) in [5.41, 5.74) is 0.818. The standard InChI is InChI=1S/C20H19N5O5S/c1-20(11-7-8-14(29-2)15(9-11)30-3)18(27)25(19(28)22-20)10-16(26)21-12-5-4-6-13-17(12)24-31-23-13/h4-9H,10H2,1-3H3,(H,21,26)(H,22,28). The molecule has 0 spiro atoms. The maximum Gasteiger partial charge on any atom is 0.325 e. The van der Waals surface area contributed by atoms with Crippen molar-refractivity contribution in [2.24, 2.45) is 0 Å². The van der Waals surface area contributed by atoms with E-state index in [0.717, 1.165) is 16.6 Å². The summed E-state index contributed by atoms with van der Waals surface area (Å²) in [6.45, 7) is 1.13. The van der Waals surface area contributed by atoms with E-state index in [1.807, 2.05) is 0 Å². The van der Waals surface area contributed by atoms with Crippen molar-refractivity contribution < 1.29 is 23.9 Å². The molecule has 1 aromatic heterocycles. The number of rotatable bonds is 6. The van der Waals surface area contributed by atoms with Crippen molar-refractivity contribution in [1.29, 1.82) is 0 Å². The predicted octanol–water partition coefficient (Wildman–Crippen LogP) is 2.11. The Morgan fingerprint density at radius 1 is 1.16 bits per heavy atom. The molecule has 1 aliphatic rings. The van der Waals surface area contributed by atoms with Crippen LogP contribution in [0.15, 0.2) is 36.4 Å². The van der Waals surface area contributed by atoms with Gasteiger partial charge in [-0.1, -0.05) is 12.1 Å². The summed E-state index contributed by atoms with van der Waals surface area (Å²) < 4.78 is 18.8. The highest BCUT2D eigenvalue weighted by Crippen LogP contribution is 2.35. The van der Waals surface area contributed by atoms with Crippen LogP contribution in [-0.2, 0) is 15.1 Å². The molecule has 0 saturated carbocycles. The highest BCUT2D eigenvalue weighted by molar-refractivity contribution is 7.00. The van der Waals surface area contributed by atoms with Crippen LogP contribution in [0.4, 0.5) is 10.5 Å². The van der Waals surface area contributed by atoms with E-state index < -0.39 is 29.9 Å². The molecule has 3 aromatic rings. The second kappa shape index (κ2) is 7.84. The average molecular weight is 441 g/mol. The van der Waals surface area contributed by atoms with Crippen molar-refractivity contribution in [3.05, 3.63) is 42.0 Å². The van der Waals surface area contributed by atoms with Crippen LogP contribution in [0.3, 0.4) is 0 Å². The minimum Gasteiger partial charge on any atom is -0.493 e. The molecule has 1 fully saturated rings. The van der Waals surface area contributed by atoms with Gasteiger partial charge in [-0.25, -0.2) is 4.79 Å². The molecule has 1 saturated heterocycles. The molecule has 4 amide bonds. The number of anilines is 1. The van der Waals surface area contributed by atoms with Crippen molar-refractivity contribution in [1.82, 2.24) is 19.0 Å². The summed E-state index contributed by atoms with van der Waals surface area (Å²) in [4.78, 5) is 39.1. The van der Waals surface area contributed by atoms with Crippen LogP contribution in [0.1, 0.15) is 12.5 Å². The fourth-order valence-electron chi connectivity index (χ4n) is 3.42. The van der Waals surface area contributed by atoms with Gasteiger partial charge in [0.25, 0.3) is 5.91 Å². The largest absolute Gasteiger partial charge is 0.493 e. The lowest BCUT2D eigenvalue weighted by Crippen LogP contribution is -2.42. The molecule has 0 bridgehead atoms. The Bertz CT molecular complexity index is 1200. The van der Waals surface area contributed by atoms with Gasteiger partial charge in [0, 0.05) is 0 Å². The van der Waals surface area contributed by atoms with Gasteiger partial charge in [0.1, 0.15) is 23.1 Å². The molecule has 160 valence electrons. The lowest BCUT2D eigenvalue weighted by molar-refractivity contribution is -0.133. The van der Waals surface area contributed by atoms with Crippen LogP contribution in [0.25, 0.3) is 11.0 Å². The predicted molar refractivity (Wildman–Crippen MR) is 113 cm³/mol. The Morgan fingerprint density at radius 3 is 2.68 bits per heavy atom. The summed E-state index contributed by atoms with van der Waals surface area (Å²) >= 11 is 1.03. The SMILES string of the molecule is COc1ccc(C2(C)NC(=O)N(CC(=O)Nc3cccc4nsnc34)C2=O)cc1OC. The lowest BCUT2D eigenvalue weighted by Gasteiger charge is -2.23. The Balaban J connectivity index is 1.54. The summed E-state index contributed by atoms with van der Waals surface area (Å²) in [6, 6.07) is 9.47. The number of nitrogens with one attached hydrogen (secondary N) is 2. The molecule has 1 aliphatic heterocycles. The Hall–Kier alpha value is -3.73. The molecule has 4 rings (SSSR count). The molecular weight excluding hydrogens is 422 g/mol. The molecule has 1 unspecified atom stereocenters. The van der Waals surface area contributed by atoms with Gasteiger partial charge in [0.2, 0.25) is 5.91 Å². The first kappa shape index (κ1) is 20.5. The van der Waals surface area contributed by atoms with E-state index in [1.54, 1.807) is 43.3 Å². The van der Waals surface area contributed by atoms with Crippen molar-refractivity contribution in [2.75, 3.05) is 26.1 Å². The van der Waals surface area contributed by atoms with Gasteiger partial charge in [-0.15, -0.1) is 0 Å². The molecule has 2 N–H and O–H groups in total. The number of hydrogen-bond donors (Lipinski definition) is 2. The fourth-order valence-corrected chi connectivity index (χ4v) is 3.97. The van der Waals surface area contributed by atoms with Crippen molar-refractivity contribution >= 4 is 46.3 Å². The second-order valence-corrected chi connectivity index (χ2v) is 7.53. The molecule has 1 atom stereocenters. The third-order valence-electron chi connectivity index (χ3n) is 5.10. The summed E-state index contributed by atoms with van der Waals surface area (Å²) in [7, 11) is 2.98. The van der Waals surface area contributed by atoms with E-state index in [0.29, 0.717) is 33.8 Å². The van der Waals surface area contributed by atoms with Crippen LogP contribution in [0, 0.1) is 0 Å². The van der Waals surface area contributed by atoms with Crippen LogP contribution >= 0.6 is 11.7 Å². The van der Waals surface area contributed by atoms with Gasteiger partial charge < -0.3 is 20.1 Å². The van der Waals surface area contributed by atoms with Crippen LogP contribution in [0.2, 0.25) is 0 Å². The van der Waals surface area contributed by atoms with Gasteiger partial charge >= 0.3 is 6.03 Å². The minimum atomic E-state index is -1.35. The Labute approximate surface area is 181 Å². The summed E-state index contributed by atoms with van der Waals surface area (Å²) in [5.74, 6) is -0.160. The summed E-state index contributed by atoms with van der Waals surface area (Å²) in [5, 5.41) is 5.36. The molecule has 11 heteroatoms. The van der Waals surface area contributed by atoms with Crippen LogP contribution in [0.5, 0.6) is 11.5 Å². The van der Waals surface area contributed by atoms with E-state index >= 15 is 0 Å². The first-order valence-electron chi connectivity index (χ1n) is 9.25. The summed E-state index contributed by atoms with van der Waals surface area (Å²) in [6.07, 6.45) is 0. The number of benzene rings is 2. The molecule has 10 nitrogen and oxygen atoms in total. The number of carbonyl (C=O) groups is 3. The van der Waals surface area contributed by atoms with E-state index in [4.69, 9.17) is 9.47 Å².